The van der Waals surface area contributed by atoms with Crippen LogP contribution in [-0.4, -0.2) is 23.8 Å². The van der Waals surface area contributed by atoms with Crippen molar-refractivity contribution in [3.05, 3.63) is 95.8 Å². The van der Waals surface area contributed by atoms with E-state index in [4.69, 9.17) is 0 Å². The molecule has 0 saturated carbocycles. The van der Waals surface area contributed by atoms with Gasteiger partial charge in [-0.1, -0.05) is 48.5 Å². The molecule has 2 aromatic carbocycles. The van der Waals surface area contributed by atoms with Crippen molar-refractivity contribution in [2.45, 2.75) is 13.0 Å². The smallest absolute Gasteiger partial charge is 0.276 e. The summed E-state index contributed by atoms with van der Waals surface area (Å²) in [6, 6.07) is 22.0. The number of aromatic nitrogens is 1. The van der Waals surface area contributed by atoms with Crippen LogP contribution in [0.4, 0.5) is 5.69 Å². The van der Waals surface area contributed by atoms with Gasteiger partial charge in [0.15, 0.2) is 0 Å². The maximum Gasteiger partial charge on any atom is 0.276 e. The number of rotatable bonds is 5. The minimum atomic E-state index is -0.271. The third-order valence-electron chi connectivity index (χ3n) is 4.34. The first-order valence-corrected chi connectivity index (χ1v) is 8.71. The number of carbonyl (C=O) groups excluding carboxylic acids is 2. The SMILES string of the molecule is CC(NC(=O)c1ccnc(C(=O)N(C)c2ccccc2)c1)c1ccccc1. The zero-order chi connectivity index (χ0) is 19.2. The second kappa shape index (κ2) is 8.27. The molecule has 0 bridgehead atoms. The number of amides is 2. The van der Waals surface area contributed by atoms with Crippen LogP contribution in [-0.2, 0) is 0 Å². The Morgan fingerprint density at radius 3 is 2.26 bits per heavy atom. The van der Waals surface area contributed by atoms with Gasteiger partial charge in [-0.25, -0.2) is 0 Å². The molecule has 0 aliphatic rings. The molecule has 0 aliphatic carbocycles. The van der Waals surface area contributed by atoms with Crippen molar-refractivity contribution in [3.63, 3.8) is 0 Å². The summed E-state index contributed by atoms with van der Waals surface area (Å²) >= 11 is 0. The fourth-order valence-electron chi connectivity index (χ4n) is 2.73. The molecular formula is C22H21N3O2. The van der Waals surface area contributed by atoms with Crippen molar-refractivity contribution >= 4 is 17.5 Å². The van der Waals surface area contributed by atoms with Crippen molar-refractivity contribution in [2.75, 3.05) is 11.9 Å². The van der Waals surface area contributed by atoms with Crippen LogP contribution in [0.15, 0.2) is 79.0 Å². The normalized spacial score (nSPS) is 11.5. The van der Waals surface area contributed by atoms with Gasteiger partial charge < -0.3 is 10.2 Å². The summed E-state index contributed by atoms with van der Waals surface area (Å²) < 4.78 is 0. The van der Waals surface area contributed by atoms with E-state index < -0.39 is 0 Å². The van der Waals surface area contributed by atoms with E-state index in [0.29, 0.717) is 5.56 Å². The summed E-state index contributed by atoms with van der Waals surface area (Å²) in [5.41, 5.74) is 2.40. The molecule has 0 aliphatic heterocycles. The van der Waals surface area contributed by atoms with E-state index in [1.807, 2.05) is 67.6 Å². The van der Waals surface area contributed by atoms with E-state index in [1.165, 1.54) is 17.2 Å². The molecule has 0 fully saturated rings. The van der Waals surface area contributed by atoms with Crippen LogP contribution in [0.3, 0.4) is 0 Å². The number of hydrogen-bond acceptors (Lipinski definition) is 3. The van der Waals surface area contributed by atoms with Gasteiger partial charge in [0, 0.05) is 24.5 Å². The highest BCUT2D eigenvalue weighted by atomic mass is 16.2. The van der Waals surface area contributed by atoms with Gasteiger partial charge in [-0.05, 0) is 36.8 Å². The molecule has 2 amide bonds. The number of anilines is 1. The van der Waals surface area contributed by atoms with Gasteiger partial charge in [0.1, 0.15) is 5.69 Å². The molecule has 5 heteroatoms. The van der Waals surface area contributed by atoms with Crippen LogP contribution in [0.2, 0.25) is 0 Å². The quantitative estimate of drug-likeness (QED) is 0.753. The Balaban J connectivity index is 1.75. The Bertz CT molecular complexity index is 927. The molecule has 27 heavy (non-hydrogen) atoms. The molecule has 136 valence electrons. The predicted octanol–water partition coefficient (Wildman–Crippen LogP) is 3.85. The van der Waals surface area contributed by atoms with E-state index in [9.17, 15) is 9.59 Å². The highest BCUT2D eigenvalue weighted by Gasteiger charge is 2.17. The third-order valence-corrected chi connectivity index (χ3v) is 4.34. The topological polar surface area (TPSA) is 62.3 Å². The molecule has 5 nitrogen and oxygen atoms in total. The summed E-state index contributed by atoms with van der Waals surface area (Å²) in [5, 5.41) is 2.95. The number of benzene rings is 2. The fraction of sp³-hybridized carbons (Fsp3) is 0.136. The number of pyridine rings is 1. The maximum absolute atomic E-state index is 12.7. The van der Waals surface area contributed by atoms with Crippen LogP contribution in [0.1, 0.15) is 39.4 Å². The fourth-order valence-corrected chi connectivity index (χ4v) is 2.73. The Kier molecular flexibility index (Phi) is 5.61. The van der Waals surface area contributed by atoms with E-state index in [1.54, 1.807) is 13.1 Å². The lowest BCUT2D eigenvalue weighted by molar-refractivity contribution is 0.0939. The van der Waals surface area contributed by atoms with Gasteiger partial charge in [0.05, 0.1) is 6.04 Å². The molecule has 1 atom stereocenters. The Morgan fingerprint density at radius 2 is 1.59 bits per heavy atom. The van der Waals surface area contributed by atoms with Crippen molar-refractivity contribution in [1.82, 2.24) is 10.3 Å². The van der Waals surface area contributed by atoms with Crippen LogP contribution < -0.4 is 10.2 Å². The van der Waals surface area contributed by atoms with Crippen LogP contribution in [0.25, 0.3) is 0 Å². The number of carbonyl (C=O) groups is 2. The average Bonchev–Trinajstić information content (AvgIpc) is 2.74. The van der Waals surface area contributed by atoms with Crippen molar-refractivity contribution < 1.29 is 9.59 Å². The molecule has 3 rings (SSSR count). The Hall–Kier alpha value is -3.47. The van der Waals surface area contributed by atoms with Gasteiger partial charge in [-0.3, -0.25) is 14.6 Å². The van der Waals surface area contributed by atoms with Gasteiger partial charge in [-0.2, -0.15) is 0 Å². The van der Waals surface area contributed by atoms with Crippen molar-refractivity contribution in [3.8, 4) is 0 Å². The molecule has 0 spiro atoms. The molecule has 0 radical (unpaired) electrons. The lowest BCUT2D eigenvalue weighted by Crippen LogP contribution is -2.29. The zero-order valence-corrected chi connectivity index (χ0v) is 15.3. The van der Waals surface area contributed by atoms with Crippen LogP contribution in [0.5, 0.6) is 0 Å². The lowest BCUT2D eigenvalue weighted by Gasteiger charge is -2.17. The van der Waals surface area contributed by atoms with Gasteiger partial charge >= 0.3 is 0 Å². The zero-order valence-electron chi connectivity index (χ0n) is 15.3. The highest BCUT2D eigenvalue weighted by molar-refractivity contribution is 6.06. The summed E-state index contributed by atoms with van der Waals surface area (Å²) in [5.74, 6) is -0.517. The van der Waals surface area contributed by atoms with Crippen molar-refractivity contribution in [1.29, 1.82) is 0 Å². The number of nitrogens with one attached hydrogen (secondary N) is 1. The Morgan fingerprint density at radius 1 is 0.963 bits per heavy atom. The highest BCUT2D eigenvalue weighted by Crippen LogP contribution is 2.16. The average molecular weight is 359 g/mol. The predicted molar refractivity (Wildman–Crippen MR) is 106 cm³/mol. The lowest BCUT2D eigenvalue weighted by atomic mass is 10.1. The van der Waals surface area contributed by atoms with Gasteiger partial charge in [-0.15, -0.1) is 0 Å². The van der Waals surface area contributed by atoms with E-state index in [-0.39, 0.29) is 23.6 Å². The van der Waals surface area contributed by atoms with E-state index in [2.05, 4.69) is 10.3 Å². The Labute approximate surface area is 158 Å². The molecule has 1 aromatic heterocycles. The number of nitrogens with zero attached hydrogens (tertiary/aromatic N) is 2. The second-order valence-electron chi connectivity index (χ2n) is 6.24. The first-order chi connectivity index (χ1) is 13.1. The molecule has 0 saturated heterocycles. The van der Waals surface area contributed by atoms with Gasteiger partial charge in [0.2, 0.25) is 0 Å². The minimum absolute atomic E-state index is 0.141. The number of hydrogen-bond donors (Lipinski definition) is 1. The molecule has 3 aromatic rings. The van der Waals surface area contributed by atoms with E-state index in [0.717, 1.165) is 11.3 Å². The summed E-state index contributed by atoms with van der Waals surface area (Å²) in [4.78, 5) is 30.9. The van der Waals surface area contributed by atoms with E-state index >= 15 is 0 Å². The molecule has 1 heterocycles. The van der Waals surface area contributed by atoms with Gasteiger partial charge in [0.25, 0.3) is 11.8 Å². The standard InChI is InChI=1S/C22H21N3O2/c1-16(17-9-5-3-6-10-17)24-21(26)18-13-14-23-20(15-18)22(27)25(2)19-11-7-4-8-12-19/h3-16H,1-2H3,(H,24,26). The largest absolute Gasteiger partial charge is 0.346 e. The summed E-state index contributed by atoms with van der Waals surface area (Å²) in [7, 11) is 1.68. The summed E-state index contributed by atoms with van der Waals surface area (Å²) in [6.45, 7) is 1.92. The molecule has 1 unspecified atom stereocenters. The molecule has 1 N–H and O–H groups in total. The first-order valence-electron chi connectivity index (χ1n) is 8.71. The third kappa shape index (κ3) is 4.39. The molecular weight excluding hydrogens is 338 g/mol. The minimum Gasteiger partial charge on any atom is -0.346 e. The maximum atomic E-state index is 12.7. The first kappa shape index (κ1) is 18.3. The second-order valence-corrected chi connectivity index (χ2v) is 6.24. The monoisotopic (exact) mass is 359 g/mol. The van der Waals surface area contributed by atoms with Crippen LogP contribution in [0, 0.1) is 0 Å². The number of para-hydroxylation sites is 1. The van der Waals surface area contributed by atoms with Crippen molar-refractivity contribution in [2.24, 2.45) is 0 Å². The summed E-state index contributed by atoms with van der Waals surface area (Å²) in [6.07, 6.45) is 1.48. The van der Waals surface area contributed by atoms with Crippen LogP contribution >= 0.6 is 0 Å².